The molecule has 0 aliphatic heterocycles. The van der Waals surface area contributed by atoms with Crippen LogP contribution in [0.2, 0.25) is 0 Å². The van der Waals surface area contributed by atoms with E-state index in [-0.39, 0.29) is 23.5 Å². The highest BCUT2D eigenvalue weighted by molar-refractivity contribution is 5.93. The molecule has 0 fully saturated rings. The van der Waals surface area contributed by atoms with Gasteiger partial charge in [-0.3, -0.25) is 14.9 Å². The van der Waals surface area contributed by atoms with Crippen molar-refractivity contribution >= 4 is 17.7 Å². The van der Waals surface area contributed by atoms with Gasteiger partial charge in [0.15, 0.2) is 11.6 Å². The second kappa shape index (κ2) is 5.19. The highest BCUT2D eigenvalue weighted by atomic mass is 16.4. The largest absolute Gasteiger partial charge is 0.435 e. The normalized spacial score (nSPS) is 9.73. The number of carbonyl (C=O) groups excluding carboxylic acids is 2. The number of hydrogen-bond donors (Lipinski definition) is 2. The quantitative estimate of drug-likeness (QED) is 0.788. The van der Waals surface area contributed by atoms with Crippen LogP contribution >= 0.6 is 0 Å². The minimum absolute atomic E-state index is 0.201. The average Bonchev–Trinajstić information content (AvgIpc) is 2.61. The molecule has 0 unspecified atom stereocenters. The Balaban J connectivity index is 2.59. The second-order valence-corrected chi connectivity index (χ2v) is 3.10. The lowest BCUT2D eigenvalue weighted by molar-refractivity contribution is -0.114. The number of carbonyl (C=O) groups is 2. The first-order valence-electron chi connectivity index (χ1n) is 4.79. The first kappa shape index (κ1) is 11.3. The minimum atomic E-state index is -0.270. The summed E-state index contributed by atoms with van der Waals surface area (Å²) in [5, 5.41) is 5.12. The molecule has 1 aromatic heterocycles. The lowest BCUT2D eigenvalue weighted by Crippen LogP contribution is -2.23. The summed E-state index contributed by atoms with van der Waals surface area (Å²) in [4.78, 5) is 22.1. The topological polar surface area (TPSA) is 71.3 Å². The maximum atomic E-state index is 11.4. The van der Waals surface area contributed by atoms with Crippen molar-refractivity contribution in [3.63, 3.8) is 0 Å². The molecule has 0 aliphatic carbocycles. The molecule has 2 N–H and O–H groups in total. The van der Waals surface area contributed by atoms with E-state index in [4.69, 9.17) is 4.42 Å². The van der Waals surface area contributed by atoms with Crippen LogP contribution in [-0.4, -0.2) is 18.4 Å². The maximum absolute atomic E-state index is 11.4. The van der Waals surface area contributed by atoms with Crippen molar-refractivity contribution < 1.29 is 14.0 Å². The van der Waals surface area contributed by atoms with E-state index in [9.17, 15) is 9.59 Å². The summed E-state index contributed by atoms with van der Waals surface area (Å²) in [6.45, 7) is 3.94. The number of furan rings is 1. The molecule has 2 amide bonds. The molecule has 0 saturated carbocycles. The molecule has 0 aromatic carbocycles. The lowest BCUT2D eigenvalue weighted by Gasteiger charge is -1.99. The average molecular weight is 210 g/mol. The van der Waals surface area contributed by atoms with Crippen LogP contribution in [0.4, 0.5) is 5.88 Å². The third-order valence-electron chi connectivity index (χ3n) is 1.66. The van der Waals surface area contributed by atoms with Crippen LogP contribution in [0.25, 0.3) is 0 Å². The second-order valence-electron chi connectivity index (χ2n) is 3.10. The molecule has 0 radical (unpaired) electrons. The Labute approximate surface area is 87.8 Å². The molecule has 0 atom stereocenters. The fourth-order valence-electron chi connectivity index (χ4n) is 1.03. The van der Waals surface area contributed by atoms with Crippen LogP contribution in [0.15, 0.2) is 16.5 Å². The number of amides is 2. The number of hydrogen-bond acceptors (Lipinski definition) is 3. The highest BCUT2D eigenvalue weighted by Crippen LogP contribution is 2.12. The first-order chi connectivity index (χ1) is 7.13. The van der Waals surface area contributed by atoms with Gasteiger partial charge in [-0.1, -0.05) is 6.92 Å². The number of anilines is 1. The SMILES string of the molecule is CCCNC(=O)c1ccc(NC(C)=O)o1. The summed E-state index contributed by atoms with van der Waals surface area (Å²) in [6, 6.07) is 3.07. The van der Waals surface area contributed by atoms with Gasteiger partial charge in [-0.25, -0.2) is 0 Å². The summed E-state index contributed by atoms with van der Waals surface area (Å²) in [7, 11) is 0. The van der Waals surface area contributed by atoms with E-state index < -0.39 is 0 Å². The number of nitrogens with one attached hydrogen (secondary N) is 2. The van der Waals surface area contributed by atoms with E-state index in [2.05, 4.69) is 10.6 Å². The van der Waals surface area contributed by atoms with Gasteiger partial charge in [0.2, 0.25) is 5.91 Å². The number of rotatable bonds is 4. The zero-order valence-electron chi connectivity index (χ0n) is 8.79. The molecule has 82 valence electrons. The van der Waals surface area contributed by atoms with Crippen molar-refractivity contribution in [2.24, 2.45) is 0 Å². The summed E-state index contributed by atoms with van der Waals surface area (Å²) >= 11 is 0. The Morgan fingerprint density at radius 3 is 2.73 bits per heavy atom. The maximum Gasteiger partial charge on any atom is 0.287 e. The smallest absolute Gasteiger partial charge is 0.287 e. The van der Waals surface area contributed by atoms with Gasteiger partial charge in [-0.2, -0.15) is 0 Å². The van der Waals surface area contributed by atoms with Crippen LogP contribution in [0.5, 0.6) is 0 Å². The summed E-state index contributed by atoms with van der Waals surface area (Å²) in [5.41, 5.74) is 0. The summed E-state index contributed by atoms with van der Waals surface area (Å²) in [5.74, 6) is -0.0188. The molecule has 0 aliphatic rings. The van der Waals surface area contributed by atoms with E-state index in [1.807, 2.05) is 6.92 Å². The van der Waals surface area contributed by atoms with E-state index in [0.29, 0.717) is 6.54 Å². The molecule has 15 heavy (non-hydrogen) atoms. The van der Waals surface area contributed by atoms with Crippen LogP contribution in [-0.2, 0) is 4.79 Å². The Hall–Kier alpha value is -1.78. The lowest BCUT2D eigenvalue weighted by atomic mass is 10.4. The molecule has 1 rings (SSSR count). The van der Waals surface area contributed by atoms with E-state index in [0.717, 1.165) is 6.42 Å². The first-order valence-corrected chi connectivity index (χ1v) is 4.79. The third-order valence-corrected chi connectivity index (χ3v) is 1.66. The highest BCUT2D eigenvalue weighted by Gasteiger charge is 2.10. The predicted octanol–water partition coefficient (Wildman–Crippen LogP) is 1.38. The summed E-state index contributed by atoms with van der Waals surface area (Å²) in [6.07, 6.45) is 0.866. The molecule has 1 heterocycles. The molecule has 5 heteroatoms. The van der Waals surface area contributed by atoms with Crippen LogP contribution in [0.1, 0.15) is 30.8 Å². The Morgan fingerprint density at radius 2 is 2.13 bits per heavy atom. The molecule has 0 saturated heterocycles. The van der Waals surface area contributed by atoms with Crippen molar-refractivity contribution in [1.82, 2.24) is 5.32 Å². The van der Waals surface area contributed by atoms with Crippen molar-refractivity contribution in [3.05, 3.63) is 17.9 Å². The Kier molecular flexibility index (Phi) is 3.91. The molecular weight excluding hydrogens is 196 g/mol. The minimum Gasteiger partial charge on any atom is -0.435 e. The van der Waals surface area contributed by atoms with Crippen molar-refractivity contribution in [2.45, 2.75) is 20.3 Å². The van der Waals surface area contributed by atoms with Gasteiger partial charge < -0.3 is 9.73 Å². The van der Waals surface area contributed by atoms with Crippen molar-refractivity contribution in [2.75, 3.05) is 11.9 Å². The van der Waals surface area contributed by atoms with Crippen molar-refractivity contribution in [3.8, 4) is 0 Å². The van der Waals surface area contributed by atoms with E-state index in [1.165, 1.54) is 13.0 Å². The molecule has 1 aromatic rings. The Morgan fingerprint density at radius 1 is 1.40 bits per heavy atom. The van der Waals surface area contributed by atoms with E-state index in [1.54, 1.807) is 6.07 Å². The fraction of sp³-hybridized carbons (Fsp3) is 0.400. The Bertz CT molecular complexity index is 357. The van der Waals surface area contributed by atoms with Gasteiger partial charge in [0.25, 0.3) is 5.91 Å². The van der Waals surface area contributed by atoms with Gasteiger partial charge in [0, 0.05) is 19.5 Å². The predicted molar refractivity (Wildman–Crippen MR) is 55.6 cm³/mol. The van der Waals surface area contributed by atoms with Crippen LogP contribution in [0.3, 0.4) is 0 Å². The van der Waals surface area contributed by atoms with Crippen LogP contribution in [0, 0.1) is 0 Å². The van der Waals surface area contributed by atoms with Gasteiger partial charge in [-0.05, 0) is 12.5 Å². The zero-order valence-corrected chi connectivity index (χ0v) is 8.79. The van der Waals surface area contributed by atoms with E-state index >= 15 is 0 Å². The molecule has 5 nitrogen and oxygen atoms in total. The van der Waals surface area contributed by atoms with Gasteiger partial charge in [-0.15, -0.1) is 0 Å². The molecular formula is C10H14N2O3. The standard InChI is InChI=1S/C10H14N2O3/c1-3-6-11-10(14)8-4-5-9(15-8)12-7(2)13/h4-5H,3,6H2,1-2H3,(H,11,14)(H,12,13). The van der Waals surface area contributed by atoms with Gasteiger partial charge in [0.05, 0.1) is 0 Å². The molecule has 0 bridgehead atoms. The fourth-order valence-corrected chi connectivity index (χ4v) is 1.03. The van der Waals surface area contributed by atoms with Gasteiger partial charge in [0.1, 0.15) is 0 Å². The molecule has 0 spiro atoms. The zero-order chi connectivity index (χ0) is 11.3. The summed E-state index contributed by atoms with van der Waals surface area (Å²) < 4.78 is 5.11. The van der Waals surface area contributed by atoms with Gasteiger partial charge >= 0.3 is 0 Å². The van der Waals surface area contributed by atoms with Crippen molar-refractivity contribution in [1.29, 1.82) is 0 Å². The third kappa shape index (κ3) is 3.46. The monoisotopic (exact) mass is 210 g/mol. The van der Waals surface area contributed by atoms with Crippen LogP contribution < -0.4 is 10.6 Å².